The van der Waals surface area contributed by atoms with Crippen LogP contribution in [0.5, 0.6) is 5.75 Å². The summed E-state index contributed by atoms with van der Waals surface area (Å²) in [7, 11) is 1.64. The second-order valence-electron chi connectivity index (χ2n) is 3.44. The summed E-state index contributed by atoms with van der Waals surface area (Å²) in [5.41, 5.74) is 11.0. The molecular formula is C13H11N3O. The van der Waals surface area contributed by atoms with Gasteiger partial charge in [-0.15, -0.1) is 0 Å². The first kappa shape index (κ1) is 11.0. The van der Waals surface area contributed by atoms with E-state index in [0.29, 0.717) is 5.69 Å². The number of methoxy groups -OCH3 is 1. The topological polar surface area (TPSA) is 58.0 Å². The normalized spacial score (nSPS) is 9.47. The Morgan fingerprint density at radius 3 is 2.71 bits per heavy atom. The minimum absolute atomic E-state index is 0.593. The molecule has 0 radical (unpaired) electrons. The maximum atomic E-state index is 8.42. The highest BCUT2D eigenvalue weighted by molar-refractivity contribution is 5.72. The maximum Gasteiger partial charge on any atom is 0.126 e. The molecule has 4 heteroatoms. The van der Waals surface area contributed by atoms with Crippen molar-refractivity contribution in [3.8, 4) is 16.9 Å². The van der Waals surface area contributed by atoms with Gasteiger partial charge in [-0.3, -0.25) is 0 Å². The van der Waals surface area contributed by atoms with Gasteiger partial charge in [0.05, 0.1) is 7.11 Å². The largest absolute Gasteiger partial charge is 0.496 e. The molecule has 0 saturated heterocycles. The second kappa shape index (κ2) is 5.05. The van der Waals surface area contributed by atoms with Gasteiger partial charge in [0, 0.05) is 16.2 Å². The molecule has 17 heavy (non-hydrogen) atoms. The van der Waals surface area contributed by atoms with Crippen molar-refractivity contribution in [2.75, 3.05) is 7.11 Å². The van der Waals surface area contributed by atoms with E-state index < -0.39 is 0 Å². The van der Waals surface area contributed by atoms with Crippen molar-refractivity contribution in [1.82, 2.24) is 0 Å². The van der Waals surface area contributed by atoms with Gasteiger partial charge in [0.1, 0.15) is 5.75 Å². The Bertz CT molecular complexity index is 574. The molecule has 0 N–H and O–H groups in total. The number of hydrogen-bond acceptors (Lipinski definition) is 2. The molecule has 0 heterocycles. The van der Waals surface area contributed by atoms with E-state index in [1.165, 1.54) is 0 Å². The van der Waals surface area contributed by atoms with Gasteiger partial charge in [0.25, 0.3) is 0 Å². The van der Waals surface area contributed by atoms with E-state index in [2.05, 4.69) is 10.0 Å². The van der Waals surface area contributed by atoms with Crippen LogP contribution in [-0.4, -0.2) is 7.11 Å². The first-order chi connectivity index (χ1) is 8.35. The standard InChI is InChI=1S/C13H11N3O/c1-17-13-8-3-2-7-12(13)10-5-4-6-11(9-10)15-16-14/h2-9H,1H3. The zero-order valence-electron chi connectivity index (χ0n) is 9.37. The van der Waals surface area contributed by atoms with Crippen molar-refractivity contribution < 1.29 is 4.74 Å². The Morgan fingerprint density at radius 1 is 1.12 bits per heavy atom. The molecular weight excluding hydrogens is 214 g/mol. The summed E-state index contributed by atoms with van der Waals surface area (Å²) in [4.78, 5) is 2.78. The summed E-state index contributed by atoms with van der Waals surface area (Å²) < 4.78 is 5.30. The molecule has 0 saturated carbocycles. The first-order valence-electron chi connectivity index (χ1n) is 5.13. The Kier molecular flexibility index (Phi) is 3.28. The van der Waals surface area contributed by atoms with Gasteiger partial charge in [-0.1, -0.05) is 41.5 Å². The highest BCUT2D eigenvalue weighted by Crippen LogP contribution is 2.31. The van der Waals surface area contributed by atoms with Crippen LogP contribution in [0, 0.1) is 0 Å². The average Bonchev–Trinajstić information content (AvgIpc) is 2.39. The fourth-order valence-corrected chi connectivity index (χ4v) is 1.67. The molecule has 0 aliphatic rings. The number of azide groups is 1. The average molecular weight is 225 g/mol. The Balaban J connectivity index is 2.52. The number of benzene rings is 2. The lowest BCUT2D eigenvalue weighted by molar-refractivity contribution is 0.416. The monoisotopic (exact) mass is 225 g/mol. The molecule has 0 bridgehead atoms. The molecule has 0 amide bonds. The van der Waals surface area contributed by atoms with Crippen LogP contribution in [0.25, 0.3) is 21.6 Å². The summed E-state index contributed by atoms with van der Waals surface area (Å²) >= 11 is 0. The second-order valence-corrected chi connectivity index (χ2v) is 3.44. The van der Waals surface area contributed by atoms with E-state index in [9.17, 15) is 0 Å². The van der Waals surface area contributed by atoms with Crippen LogP contribution < -0.4 is 4.74 Å². The van der Waals surface area contributed by atoms with Gasteiger partial charge in [-0.2, -0.15) is 0 Å². The van der Waals surface area contributed by atoms with Gasteiger partial charge in [-0.05, 0) is 23.2 Å². The SMILES string of the molecule is COc1ccccc1-c1cccc(N=[N+]=[N-])c1. The third kappa shape index (κ3) is 2.38. The molecule has 0 fully saturated rings. The van der Waals surface area contributed by atoms with E-state index in [1.807, 2.05) is 42.5 Å². The molecule has 4 nitrogen and oxygen atoms in total. The van der Waals surface area contributed by atoms with E-state index in [1.54, 1.807) is 13.2 Å². The zero-order valence-corrected chi connectivity index (χ0v) is 9.37. The summed E-state index contributed by atoms with van der Waals surface area (Å²) in [5, 5.41) is 3.59. The van der Waals surface area contributed by atoms with Crippen LogP contribution in [0.3, 0.4) is 0 Å². The molecule has 0 aliphatic heterocycles. The molecule has 2 rings (SSSR count). The fraction of sp³-hybridized carbons (Fsp3) is 0.0769. The van der Waals surface area contributed by atoms with Crippen LogP contribution in [0.4, 0.5) is 5.69 Å². The number of ether oxygens (including phenoxy) is 1. The number of rotatable bonds is 3. The first-order valence-corrected chi connectivity index (χ1v) is 5.13. The van der Waals surface area contributed by atoms with E-state index in [4.69, 9.17) is 10.3 Å². The smallest absolute Gasteiger partial charge is 0.126 e. The summed E-state index contributed by atoms with van der Waals surface area (Å²) in [6.45, 7) is 0. The number of nitrogens with zero attached hydrogens (tertiary/aromatic N) is 3. The van der Waals surface area contributed by atoms with Crippen LogP contribution in [0.2, 0.25) is 0 Å². The van der Waals surface area contributed by atoms with Crippen LogP contribution >= 0.6 is 0 Å². The van der Waals surface area contributed by atoms with Crippen molar-refractivity contribution in [1.29, 1.82) is 0 Å². The zero-order chi connectivity index (χ0) is 12.1. The van der Waals surface area contributed by atoms with Gasteiger partial charge in [0.15, 0.2) is 0 Å². The Hall–Kier alpha value is -2.45. The van der Waals surface area contributed by atoms with Crippen molar-refractivity contribution in [2.24, 2.45) is 5.11 Å². The van der Waals surface area contributed by atoms with Crippen molar-refractivity contribution >= 4 is 5.69 Å². The lowest BCUT2D eigenvalue weighted by Crippen LogP contribution is -1.86. The highest BCUT2D eigenvalue weighted by atomic mass is 16.5. The van der Waals surface area contributed by atoms with Gasteiger partial charge < -0.3 is 4.74 Å². The number of hydrogen-bond donors (Lipinski definition) is 0. The lowest BCUT2D eigenvalue weighted by Gasteiger charge is -2.08. The van der Waals surface area contributed by atoms with Gasteiger partial charge >= 0.3 is 0 Å². The van der Waals surface area contributed by atoms with Crippen molar-refractivity contribution in [2.45, 2.75) is 0 Å². The van der Waals surface area contributed by atoms with Crippen molar-refractivity contribution in [3.05, 3.63) is 59.0 Å². The summed E-state index contributed by atoms with van der Waals surface area (Å²) in [6, 6.07) is 15.1. The van der Waals surface area contributed by atoms with E-state index in [-0.39, 0.29) is 0 Å². The predicted molar refractivity (Wildman–Crippen MR) is 67.2 cm³/mol. The summed E-state index contributed by atoms with van der Waals surface area (Å²) in [6.07, 6.45) is 0. The van der Waals surface area contributed by atoms with E-state index in [0.717, 1.165) is 16.9 Å². The lowest BCUT2D eigenvalue weighted by atomic mass is 10.0. The van der Waals surface area contributed by atoms with Gasteiger partial charge in [0.2, 0.25) is 0 Å². The molecule has 0 spiro atoms. The quantitative estimate of drug-likeness (QED) is 0.436. The Morgan fingerprint density at radius 2 is 1.94 bits per heavy atom. The molecule has 0 atom stereocenters. The minimum Gasteiger partial charge on any atom is -0.496 e. The van der Waals surface area contributed by atoms with Crippen LogP contribution in [-0.2, 0) is 0 Å². The summed E-state index contributed by atoms with van der Waals surface area (Å²) in [5.74, 6) is 0.797. The number of para-hydroxylation sites is 1. The van der Waals surface area contributed by atoms with Crippen molar-refractivity contribution in [3.63, 3.8) is 0 Å². The van der Waals surface area contributed by atoms with Crippen LogP contribution in [0.1, 0.15) is 0 Å². The maximum absolute atomic E-state index is 8.42. The Labute approximate surface area is 99.1 Å². The molecule has 0 aromatic heterocycles. The third-order valence-corrected chi connectivity index (χ3v) is 2.42. The third-order valence-electron chi connectivity index (χ3n) is 2.42. The highest BCUT2D eigenvalue weighted by Gasteiger charge is 2.04. The molecule has 0 aliphatic carbocycles. The molecule has 84 valence electrons. The van der Waals surface area contributed by atoms with Gasteiger partial charge in [-0.25, -0.2) is 0 Å². The van der Waals surface area contributed by atoms with E-state index >= 15 is 0 Å². The molecule has 2 aromatic carbocycles. The van der Waals surface area contributed by atoms with Crippen LogP contribution in [0.15, 0.2) is 53.6 Å². The molecule has 2 aromatic rings. The predicted octanol–water partition coefficient (Wildman–Crippen LogP) is 4.30. The minimum atomic E-state index is 0.593. The fourth-order valence-electron chi connectivity index (χ4n) is 1.67. The molecule has 0 unspecified atom stereocenters.